The Morgan fingerprint density at radius 3 is 2.86 bits per heavy atom. The maximum absolute atomic E-state index is 12.2. The van der Waals surface area contributed by atoms with E-state index >= 15 is 0 Å². The van der Waals surface area contributed by atoms with Gasteiger partial charge in [-0.1, -0.05) is 0 Å². The number of amides is 1. The quantitative estimate of drug-likeness (QED) is 0.921. The van der Waals surface area contributed by atoms with Crippen molar-refractivity contribution in [3.05, 3.63) is 23.3 Å². The zero-order chi connectivity index (χ0) is 15.4. The molecule has 5 heteroatoms. The maximum Gasteiger partial charge on any atom is 0.222 e. The Bertz CT molecular complexity index is 519. The summed E-state index contributed by atoms with van der Waals surface area (Å²) >= 11 is 0. The van der Waals surface area contributed by atoms with Gasteiger partial charge in [0.25, 0.3) is 0 Å². The van der Waals surface area contributed by atoms with Gasteiger partial charge in [0, 0.05) is 43.4 Å². The summed E-state index contributed by atoms with van der Waals surface area (Å²) in [5.41, 5.74) is 2.03. The van der Waals surface area contributed by atoms with E-state index in [2.05, 4.69) is 10.3 Å². The Kier molecular flexibility index (Phi) is 5.03. The molecule has 3 rings (SSSR count). The van der Waals surface area contributed by atoms with Crippen molar-refractivity contribution in [1.82, 2.24) is 20.2 Å². The molecule has 1 unspecified atom stereocenters. The molecule has 0 aromatic carbocycles. The fourth-order valence-corrected chi connectivity index (χ4v) is 3.40. The first-order valence-electron chi connectivity index (χ1n) is 8.55. The van der Waals surface area contributed by atoms with Crippen LogP contribution < -0.4 is 5.32 Å². The van der Waals surface area contributed by atoms with Crippen LogP contribution in [0.2, 0.25) is 0 Å². The topological polar surface area (TPSA) is 58.1 Å². The van der Waals surface area contributed by atoms with Gasteiger partial charge in [0.05, 0.1) is 0 Å². The Morgan fingerprint density at radius 2 is 2.14 bits per heavy atom. The number of aromatic nitrogens is 2. The number of piperidine rings is 1. The lowest BCUT2D eigenvalue weighted by molar-refractivity contribution is -0.130. The summed E-state index contributed by atoms with van der Waals surface area (Å²) in [4.78, 5) is 23.5. The molecular weight excluding hydrogens is 276 g/mol. The molecule has 5 nitrogen and oxygen atoms in total. The zero-order valence-electron chi connectivity index (χ0n) is 13.5. The number of hydrogen-bond donors (Lipinski definition) is 1. The highest BCUT2D eigenvalue weighted by Crippen LogP contribution is 2.21. The number of aryl methyl sites for hydroxylation is 2. The first-order valence-corrected chi connectivity index (χ1v) is 8.55. The molecule has 1 amide bonds. The fourth-order valence-electron chi connectivity index (χ4n) is 3.40. The third kappa shape index (κ3) is 3.83. The number of nitrogens with zero attached hydrogens (tertiary/aromatic N) is 3. The monoisotopic (exact) mass is 302 g/mol. The number of nitrogens with one attached hydrogen (secondary N) is 1. The summed E-state index contributed by atoms with van der Waals surface area (Å²) in [7, 11) is 0. The lowest BCUT2D eigenvalue weighted by Gasteiger charge is -2.22. The summed E-state index contributed by atoms with van der Waals surface area (Å²) in [6.45, 7) is 5.95. The van der Waals surface area contributed by atoms with E-state index in [0.29, 0.717) is 12.3 Å². The number of rotatable bonds is 4. The molecule has 0 bridgehead atoms. The van der Waals surface area contributed by atoms with Crippen LogP contribution in [0.1, 0.15) is 55.2 Å². The van der Waals surface area contributed by atoms with Crippen LogP contribution in [0, 0.1) is 6.92 Å². The van der Waals surface area contributed by atoms with Gasteiger partial charge >= 0.3 is 0 Å². The van der Waals surface area contributed by atoms with Gasteiger partial charge in [-0.2, -0.15) is 0 Å². The van der Waals surface area contributed by atoms with Crippen molar-refractivity contribution in [2.45, 2.75) is 51.4 Å². The molecule has 0 saturated carbocycles. The average Bonchev–Trinajstić information content (AvgIpc) is 3.07. The van der Waals surface area contributed by atoms with Gasteiger partial charge in [-0.05, 0) is 51.6 Å². The van der Waals surface area contributed by atoms with E-state index in [1.807, 2.05) is 17.9 Å². The molecule has 1 N–H and O–H groups in total. The molecule has 120 valence electrons. The van der Waals surface area contributed by atoms with Crippen molar-refractivity contribution in [3.8, 4) is 0 Å². The first kappa shape index (κ1) is 15.4. The summed E-state index contributed by atoms with van der Waals surface area (Å²) in [6, 6.07) is 2.02. The summed E-state index contributed by atoms with van der Waals surface area (Å²) in [5, 5.41) is 3.42. The molecule has 0 spiro atoms. The van der Waals surface area contributed by atoms with Crippen LogP contribution in [0.3, 0.4) is 0 Å². The Labute approximate surface area is 132 Å². The van der Waals surface area contributed by atoms with Crippen molar-refractivity contribution in [1.29, 1.82) is 0 Å². The minimum absolute atomic E-state index is 0.273. The van der Waals surface area contributed by atoms with E-state index in [9.17, 15) is 4.79 Å². The molecule has 2 saturated heterocycles. The third-order valence-corrected chi connectivity index (χ3v) is 4.64. The number of carbonyl (C=O) groups is 1. The van der Waals surface area contributed by atoms with Crippen LogP contribution in [0.4, 0.5) is 0 Å². The molecule has 1 aromatic rings. The minimum atomic E-state index is 0.273. The molecule has 22 heavy (non-hydrogen) atoms. The standard InChI is InChI=1S/C17H26N4O/c1-13-11-15(6-7-16(22)21-9-2-3-10-21)20-17(19-13)14-5-4-8-18-12-14/h11,14,18H,2-10,12H2,1H3. The van der Waals surface area contributed by atoms with E-state index in [-0.39, 0.29) is 5.91 Å². The minimum Gasteiger partial charge on any atom is -0.343 e. The van der Waals surface area contributed by atoms with Crippen molar-refractivity contribution in [3.63, 3.8) is 0 Å². The largest absolute Gasteiger partial charge is 0.343 e. The maximum atomic E-state index is 12.2. The van der Waals surface area contributed by atoms with E-state index in [1.54, 1.807) is 0 Å². The third-order valence-electron chi connectivity index (χ3n) is 4.64. The second kappa shape index (κ2) is 7.18. The van der Waals surface area contributed by atoms with Gasteiger partial charge in [0.2, 0.25) is 5.91 Å². The second-order valence-electron chi connectivity index (χ2n) is 6.49. The van der Waals surface area contributed by atoms with Gasteiger partial charge in [-0.3, -0.25) is 4.79 Å². The van der Waals surface area contributed by atoms with Gasteiger partial charge in [0.15, 0.2) is 0 Å². The van der Waals surface area contributed by atoms with Crippen molar-refractivity contribution in [2.24, 2.45) is 0 Å². The first-order chi connectivity index (χ1) is 10.7. The number of carbonyl (C=O) groups excluding carboxylic acids is 1. The van der Waals surface area contributed by atoms with Crippen LogP contribution >= 0.6 is 0 Å². The lowest BCUT2D eigenvalue weighted by atomic mass is 9.98. The van der Waals surface area contributed by atoms with Crippen LogP contribution in [0.5, 0.6) is 0 Å². The average molecular weight is 302 g/mol. The molecule has 2 fully saturated rings. The fraction of sp³-hybridized carbons (Fsp3) is 0.706. The highest BCUT2D eigenvalue weighted by Gasteiger charge is 2.20. The molecule has 1 atom stereocenters. The molecule has 2 aliphatic heterocycles. The van der Waals surface area contributed by atoms with E-state index in [0.717, 1.165) is 69.1 Å². The van der Waals surface area contributed by atoms with Gasteiger partial charge in [-0.25, -0.2) is 9.97 Å². The van der Waals surface area contributed by atoms with Gasteiger partial charge < -0.3 is 10.2 Å². The normalized spacial score (nSPS) is 22.0. The lowest BCUT2D eigenvalue weighted by Crippen LogP contribution is -2.30. The SMILES string of the molecule is Cc1cc(CCC(=O)N2CCCC2)nc(C2CCCNC2)n1. The highest BCUT2D eigenvalue weighted by atomic mass is 16.2. The molecule has 0 aliphatic carbocycles. The van der Waals surface area contributed by atoms with E-state index < -0.39 is 0 Å². The van der Waals surface area contributed by atoms with Crippen LogP contribution in [0.25, 0.3) is 0 Å². The highest BCUT2D eigenvalue weighted by molar-refractivity contribution is 5.76. The summed E-state index contributed by atoms with van der Waals surface area (Å²) < 4.78 is 0. The van der Waals surface area contributed by atoms with Crippen LogP contribution in [0.15, 0.2) is 6.07 Å². The predicted molar refractivity (Wildman–Crippen MR) is 85.7 cm³/mol. The number of likely N-dealkylation sites (tertiary alicyclic amines) is 1. The van der Waals surface area contributed by atoms with Gasteiger partial charge in [0.1, 0.15) is 5.82 Å². The molecule has 1 aromatic heterocycles. The van der Waals surface area contributed by atoms with Crippen LogP contribution in [-0.4, -0.2) is 47.0 Å². The smallest absolute Gasteiger partial charge is 0.222 e. The molecular formula is C17H26N4O. The second-order valence-corrected chi connectivity index (χ2v) is 6.49. The molecule has 2 aliphatic rings. The van der Waals surface area contributed by atoms with Crippen molar-refractivity contribution < 1.29 is 4.79 Å². The predicted octanol–water partition coefficient (Wildman–Crippen LogP) is 1.81. The number of hydrogen-bond acceptors (Lipinski definition) is 4. The van der Waals surface area contributed by atoms with Crippen LogP contribution in [-0.2, 0) is 11.2 Å². The van der Waals surface area contributed by atoms with Crippen molar-refractivity contribution in [2.75, 3.05) is 26.2 Å². The zero-order valence-corrected chi connectivity index (χ0v) is 13.5. The molecule has 0 radical (unpaired) electrons. The van der Waals surface area contributed by atoms with E-state index in [4.69, 9.17) is 4.98 Å². The molecule has 3 heterocycles. The van der Waals surface area contributed by atoms with Crippen molar-refractivity contribution >= 4 is 5.91 Å². The van der Waals surface area contributed by atoms with E-state index in [1.165, 1.54) is 6.42 Å². The summed E-state index contributed by atoms with van der Waals surface area (Å²) in [6.07, 6.45) is 5.94. The Hall–Kier alpha value is -1.49. The summed E-state index contributed by atoms with van der Waals surface area (Å²) in [5.74, 6) is 1.65. The van der Waals surface area contributed by atoms with Gasteiger partial charge in [-0.15, -0.1) is 0 Å². The Morgan fingerprint density at radius 1 is 1.32 bits per heavy atom. The Balaban J connectivity index is 1.62.